The molecule has 27 heavy (non-hydrogen) atoms. The van der Waals surface area contributed by atoms with Crippen LogP contribution in [0, 0.1) is 0 Å². The minimum absolute atomic E-state index is 0.0328. The Morgan fingerprint density at radius 3 is 2.41 bits per heavy atom. The van der Waals surface area contributed by atoms with Gasteiger partial charge in [-0.2, -0.15) is 0 Å². The molecule has 1 unspecified atom stereocenters. The van der Waals surface area contributed by atoms with E-state index in [0.717, 1.165) is 25.0 Å². The van der Waals surface area contributed by atoms with Gasteiger partial charge in [0.25, 0.3) is 5.91 Å². The first-order valence-corrected chi connectivity index (χ1v) is 9.79. The third kappa shape index (κ3) is 5.08. The summed E-state index contributed by atoms with van der Waals surface area (Å²) in [5.74, 6) is 0.199. The maximum Gasteiger partial charge on any atom is 0.254 e. The number of halogens is 3. The zero-order chi connectivity index (χ0) is 19.4. The molecular weight excluding hydrogens is 409 g/mol. The van der Waals surface area contributed by atoms with Gasteiger partial charge in [-0.05, 0) is 42.7 Å². The standard InChI is InChI=1S/C20H20Cl3NO3/c1-26-19-17(22)9-14(10-18(19)23)20(25)24(12-16-3-2-8-27-16)11-13-4-6-15(21)7-5-13/h4-7,9-10,16H,2-3,8,11-12H2,1H3. The van der Waals surface area contributed by atoms with E-state index in [0.29, 0.717) is 39.5 Å². The number of hydrogen-bond donors (Lipinski definition) is 0. The summed E-state index contributed by atoms with van der Waals surface area (Å²) in [6.45, 7) is 1.67. The number of ether oxygens (including phenoxy) is 2. The van der Waals surface area contributed by atoms with E-state index in [1.807, 2.05) is 24.3 Å². The number of hydrogen-bond acceptors (Lipinski definition) is 3. The lowest BCUT2D eigenvalue weighted by Gasteiger charge is -2.26. The zero-order valence-corrected chi connectivity index (χ0v) is 17.2. The van der Waals surface area contributed by atoms with Gasteiger partial charge in [-0.25, -0.2) is 0 Å². The molecule has 0 saturated carbocycles. The van der Waals surface area contributed by atoms with Crippen molar-refractivity contribution in [1.29, 1.82) is 0 Å². The van der Waals surface area contributed by atoms with E-state index in [-0.39, 0.29) is 12.0 Å². The third-order valence-corrected chi connectivity index (χ3v) is 5.28. The fraction of sp³-hybridized carbons (Fsp3) is 0.350. The monoisotopic (exact) mass is 427 g/mol. The molecule has 3 rings (SSSR count). The molecule has 1 saturated heterocycles. The summed E-state index contributed by atoms with van der Waals surface area (Å²) < 4.78 is 10.9. The van der Waals surface area contributed by atoms with Gasteiger partial charge in [-0.15, -0.1) is 0 Å². The smallest absolute Gasteiger partial charge is 0.254 e. The molecule has 1 aliphatic heterocycles. The molecule has 7 heteroatoms. The summed E-state index contributed by atoms with van der Waals surface area (Å²) in [6.07, 6.45) is 1.98. The van der Waals surface area contributed by atoms with E-state index in [1.54, 1.807) is 17.0 Å². The second-order valence-electron chi connectivity index (χ2n) is 6.42. The molecular formula is C20H20Cl3NO3. The van der Waals surface area contributed by atoms with Crippen LogP contribution in [0.4, 0.5) is 0 Å². The first-order chi connectivity index (χ1) is 13.0. The van der Waals surface area contributed by atoms with E-state index < -0.39 is 0 Å². The van der Waals surface area contributed by atoms with E-state index in [1.165, 1.54) is 7.11 Å². The summed E-state index contributed by atoms with van der Waals surface area (Å²) in [4.78, 5) is 15.0. The molecule has 1 fully saturated rings. The average Bonchev–Trinajstić information content (AvgIpc) is 3.15. The molecule has 0 bridgehead atoms. The minimum Gasteiger partial charge on any atom is -0.494 e. The average molecular weight is 429 g/mol. The van der Waals surface area contributed by atoms with Gasteiger partial charge in [0.05, 0.1) is 23.3 Å². The molecule has 0 aromatic heterocycles. The normalized spacial score (nSPS) is 16.4. The second-order valence-corrected chi connectivity index (χ2v) is 7.67. The minimum atomic E-state index is -0.160. The van der Waals surface area contributed by atoms with Crippen molar-refractivity contribution < 1.29 is 14.3 Å². The summed E-state index contributed by atoms with van der Waals surface area (Å²) in [5, 5.41) is 1.26. The van der Waals surface area contributed by atoms with Crippen molar-refractivity contribution in [2.24, 2.45) is 0 Å². The molecule has 1 amide bonds. The van der Waals surface area contributed by atoms with Gasteiger partial charge in [0.2, 0.25) is 0 Å². The van der Waals surface area contributed by atoms with Gasteiger partial charge in [-0.3, -0.25) is 4.79 Å². The Labute approximate surface area is 173 Å². The van der Waals surface area contributed by atoms with Crippen LogP contribution in [0.5, 0.6) is 5.75 Å². The van der Waals surface area contributed by atoms with Crippen molar-refractivity contribution in [2.45, 2.75) is 25.5 Å². The first-order valence-electron chi connectivity index (χ1n) is 8.66. The molecule has 0 aliphatic carbocycles. The van der Waals surface area contributed by atoms with Crippen LogP contribution in [0.1, 0.15) is 28.8 Å². The molecule has 144 valence electrons. The fourth-order valence-electron chi connectivity index (χ4n) is 3.12. The quantitative estimate of drug-likeness (QED) is 0.612. The highest BCUT2D eigenvalue weighted by Crippen LogP contribution is 2.34. The molecule has 1 atom stereocenters. The van der Waals surface area contributed by atoms with Gasteiger partial charge in [0.1, 0.15) is 0 Å². The number of rotatable bonds is 6. The molecule has 0 spiro atoms. The first kappa shape index (κ1) is 20.3. The maximum absolute atomic E-state index is 13.2. The van der Waals surface area contributed by atoms with Crippen molar-refractivity contribution in [3.8, 4) is 5.75 Å². The lowest BCUT2D eigenvalue weighted by Crippen LogP contribution is -2.37. The highest BCUT2D eigenvalue weighted by atomic mass is 35.5. The second kappa shape index (κ2) is 9.16. The van der Waals surface area contributed by atoms with Crippen LogP contribution in [-0.4, -0.2) is 37.2 Å². The Morgan fingerprint density at radius 1 is 1.19 bits per heavy atom. The van der Waals surface area contributed by atoms with Crippen LogP contribution < -0.4 is 4.74 Å². The number of carbonyl (C=O) groups excluding carboxylic acids is 1. The highest BCUT2D eigenvalue weighted by molar-refractivity contribution is 6.37. The molecule has 2 aromatic carbocycles. The van der Waals surface area contributed by atoms with Crippen molar-refractivity contribution >= 4 is 40.7 Å². The van der Waals surface area contributed by atoms with E-state index >= 15 is 0 Å². The van der Waals surface area contributed by atoms with Crippen molar-refractivity contribution in [2.75, 3.05) is 20.3 Å². The third-order valence-electron chi connectivity index (χ3n) is 4.47. The van der Waals surface area contributed by atoms with Gasteiger partial charge < -0.3 is 14.4 Å². The number of benzene rings is 2. The van der Waals surface area contributed by atoms with Crippen LogP contribution in [0.2, 0.25) is 15.1 Å². The molecule has 4 nitrogen and oxygen atoms in total. The Balaban J connectivity index is 1.86. The van der Waals surface area contributed by atoms with Crippen LogP contribution in [0.15, 0.2) is 36.4 Å². The summed E-state index contributed by atoms with van der Waals surface area (Å²) in [7, 11) is 1.48. The Morgan fingerprint density at radius 2 is 1.85 bits per heavy atom. The zero-order valence-electron chi connectivity index (χ0n) is 14.9. The Hall–Kier alpha value is -1.46. The topological polar surface area (TPSA) is 38.8 Å². The molecule has 1 aliphatic rings. The van der Waals surface area contributed by atoms with Gasteiger partial charge >= 0.3 is 0 Å². The molecule has 0 radical (unpaired) electrons. The Bertz CT molecular complexity index is 782. The van der Waals surface area contributed by atoms with Crippen molar-refractivity contribution in [3.05, 3.63) is 62.6 Å². The predicted octanol–water partition coefficient (Wildman–Crippen LogP) is 5.48. The largest absolute Gasteiger partial charge is 0.494 e. The molecule has 2 aromatic rings. The van der Waals surface area contributed by atoms with Gasteiger partial charge in [0, 0.05) is 30.3 Å². The highest BCUT2D eigenvalue weighted by Gasteiger charge is 2.25. The van der Waals surface area contributed by atoms with Crippen LogP contribution in [0.3, 0.4) is 0 Å². The summed E-state index contributed by atoms with van der Waals surface area (Å²) in [5.41, 5.74) is 1.40. The van der Waals surface area contributed by atoms with E-state index in [4.69, 9.17) is 44.3 Å². The van der Waals surface area contributed by atoms with Crippen LogP contribution >= 0.6 is 34.8 Å². The van der Waals surface area contributed by atoms with Crippen molar-refractivity contribution in [3.63, 3.8) is 0 Å². The fourth-order valence-corrected chi connectivity index (χ4v) is 3.89. The number of carbonyl (C=O) groups is 1. The number of nitrogens with zero attached hydrogens (tertiary/aromatic N) is 1. The van der Waals surface area contributed by atoms with Crippen LogP contribution in [-0.2, 0) is 11.3 Å². The van der Waals surface area contributed by atoms with Crippen LogP contribution in [0.25, 0.3) is 0 Å². The molecule has 1 heterocycles. The SMILES string of the molecule is COc1c(Cl)cc(C(=O)N(Cc2ccc(Cl)cc2)CC2CCCO2)cc1Cl. The number of amides is 1. The predicted molar refractivity (Wildman–Crippen MR) is 108 cm³/mol. The van der Waals surface area contributed by atoms with Gasteiger partial charge in [0.15, 0.2) is 5.75 Å². The lowest BCUT2D eigenvalue weighted by molar-refractivity contribution is 0.0507. The summed E-state index contributed by atoms with van der Waals surface area (Å²) >= 11 is 18.4. The molecule has 0 N–H and O–H groups in total. The van der Waals surface area contributed by atoms with Gasteiger partial charge in [-0.1, -0.05) is 46.9 Å². The maximum atomic E-state index is 13.2. The van der Waals surface area contributed by atoms with Crippen molar-refractivity contribution in [1.82, 2.24) is 4.90 Å². The summed E-state index contributed by atoms with van der Waals surface area (Å²) in [6, 6.07) is 10.6. The lowest BCUT2D eigenvalue weighted by atomic mass is 10.1. The Kier molecular flexibility index (Phi) is 6.88. The van der Waals surface area contributed by atoms with E-state index in [9.17, 15) is 4.79 Å². The van der Waals surface area contributed by atoms with E-state index in [2.05, 4.69) is 0 Å². The number of methoxy groups -OCH3 is 1.